The molecule has 1 saturated carbocycles. The number of carboxylic acids is 1. The van der Waals surface area contributed by atoms with Gasteiger partial charge < -0.3 is 10.4 Å². The summed E-state index contributed by atoms with van der Waals surface area (Å²) < 4.78 is 0. The summed E-state index contributed by atoms with van der Waals surface area (Å²) >= 11 is 5.95. The van der Waals surface area contributed by atoms with Gasteiger partial charge in [-0.2, -0.15) is 0 Å². The number of nitrogens with one attached hydrogen (secondary N) is 1. The van der Waals surface area contributed by atoms with Gasteiger partial charge in [0.1, 0.15) is 6.04 Å². The molecule has 114 valence electrons. The molecule has 0 aromatic heterocycles. The van der Waals surface area contributed by atoms with Crippen molar-refractivity contribution in [2.45, 2.75) is 38.6 Å². The minimum atomic E-state index is -0.974. The smallest absolute Gasteiger partial charge is 0.326 e. The zero-order valence-electron chi connectivity index (χ0n) is 12.2. The van der Waals surface area contributed by atoms with Gasteiger partial charge in [-0.1, -0.05) is 44.0 Å². The molecule has 4 unspecified atom stereocenters. The molecule has 5 heteroatoms. The van der Waals surface area contributed by atoms with Crippen LogP contribution in [-0.2, 0) is 9.59 Å². The first-order valence-electron chi connectivity index (χ1n) is 7.22. The van der Waals surface area contributed by atoms with Crippen molar-refractivity contribution in [2.24, 2.45) is 11.8 Å². The lowest BCUT2D eigenvalue weighted by Crippen LogP contribution is -2.45. The van der Waals surface area contributed by atoms with E-state index in [4.69, 9.17) is 11.6 Å². The first-order valence-corrected chi connectivity index (χ1v) is 7.60. The van der Waals surface area contributed by atoms with E-state index < -0.39 is 12.0 Å². The monoisotopic (exact) mass is 309 g/mol. The van der Waals surface area contributed by atoms with Crippen LogP contribution < -0.4 is 5.32 Å². The molecular formula is C16H20ClNO3. The molecule has 0 radical (unpaired) electrons. The Morgan fingerprint density at radius 2 is 2.19 bits per heavy atom. The van der Waals surface area contributed by atoms with Gasteiger partial charge in [0.15, 0.2) is 0 Å². The molecule has 1 aromatic carbocycles. The summed E-state index contributed by atoms with van der Waals surface area (Å²) in [4.78, 5) is 23.4. The van der Waals surface area contributed by atoms with Crippen molar-refractivity contribution >= 4 is 23.5 Å². The zero-order chi connectivity index (χ0) is 15.6. The van der Waals surface area contributed by atoms with Crippen LogP contribution in [0.15, 0.2) is 24.3 Å². The lowest BCUT2D eigenvalue weighted by molar-refractivity contribution is -0.143. The molecule has 1 aromatic rings. The van der Waals surface area contributed by atoms with Gasteiger partial charge in [-0.25, -0.2) is 4.79 Å². The standard InChI is InChI=1S/C16H20ClNO3/c1-3-9(2)14(16(20)21)18-15(19)13-8-12(13)10-5-4-6-11(17)7-10/h4-7,9,12-14H,3,8H2,1-2H3,(H,18,19)(H,20,21). The molecule has 1 amide bonds. The maximum absolute atomic E-state index is 12.2. The maximum atomic E-state index is 12.2. The highest BCUT2D eigenvalue weighted by Crippen LogP contribution is 2.48. The molecule has 0 spiro atoms. The van der Waals surface area contributed by atoms with Gasteiger partial charge in [0.2, 0.25) is 5.91 Å². The Labute approximate surface area is 129 Å². The van der Waals surface area contributed by atoms with E-state index in [0.29, 0.717) is 11.4 Å². The minimum absolute atomic E-state index is 0.0881. The summed E-state index contributed by atoms with van der Waals surface area (Å²) in [7, 11) is 0. The zero-order valence-corrected chi connectivity index (χ0v) is 12.9. The van der Waals surface area contributed by atoms with Crippen LogP contribution in [0.3, 0.4) is 0 Å². The predicted octanol–water partition coefficient (Wildman–Crippen LogP) is 3.06. The molecule has 2 N–H and O–H groups in total. The lowest BCUT2D eigenvalue weighted by atomic mass is 9.99. The minimum Gasteiger partial charge on any atom is -0.480 e. The van der Waals surface area contributed by atoms with Gasteiger partial charge in [-0.05, 0) is 36.0 Å². The van der Waals surface area contributed by atoms with E-state index in [9.17, 15) is 14.7 Å². The molecule has 1 fully saturated rings. The van der Waals surface area contributed by atoms with Gasteiger partial charge in [0.05, 0.1) is 0 Å². The van der Waals surface area contributed by atoms with E-state index in [1.54, 1.807) is 6.07 Å². The first-order chi connectivity index (χ1) is 9.93. The fourth-order valence-electron chi connectivity index (χ4n) is 2.53. The molecule has 0 saturated heterocycles. The number of aliphatic carboxylic acids is 1. The van der Waals surface area contributed by atoms with Gasteiger partial charge in [0.25, 0.3) is 0 Å². The van der Waals surface area contributed by atoms with Crippen molar-refractivity contribution in [1.82, 2.24) is 5.32 Å². The molecule has 21 heavy (non-hydrogen) atoms. The van der Waals surface area contributed by atoms with E-state index in [0.717, 1.165) is 12.0 Å². The Bertz CT molecular complexity index is 546. The van der Waals surface area contributed by atoms with Gasteiger partial charge in [-0.3, -0.25) is 4.79 Å². The Hall–Kier alpha value is -1.55. The number of hydrogen-bond acceptors (Lipinski definition) is 2. The third-order valence-corrected chi connectivity index (χ3v) is 4.42. The van der Waals surface area contributed by atoms with Crippen LogP contribution in [0, 0.1) is 11.8 Å². The van der Waals surface area contributed by atoms with Crippen molar-refractivity contribution < 1.29 is 14.7 Å². The van der Waals surface area contributed by atoms with Crippen LogP contribution in [-0.4, -0.2) is 23.0 Å². The number of rotatable bonds is 6. The van der Waals surface area contributed by atoms with Crippen LogP contribution in [0.1, 0.15) is 38.2 Å². The highest BCUT2D eigenvalue weighted by atomic mass is 35.5. The number of halogens is 1. The summed E-state index contributed by atoms with van der Waals surface area (Å²) in [5, 5.41) is 12.5. The second-order valence-corrected chi connectivity index (χ2v) is 6.15. The summed E-state index contributed by atoms with van der Waals surface area (Å²) in [5.41, 5.74) is 1.04. The number of carbonyl (C=O) groups excluding carboxylic acids is 1. The summed E-state index contributed by atoms with van der Waals surface area (Å²) in [6, 6.07) is 6.66. The average Bonchev–Trinajstić information content (AvgIpc) is 3.24. The average molecular weight is 310 g/mol. The van der Waals surface area contributed by atoms with Crippen molar-refractivity contribution in [2.75, 3.05) is 0 Å². The SMILES string of the molecule is CCC(C)C(NC(=O)C1CC1c1cccc(Cl)c1)C(=O)O. The second kappa shape index (κ2) is 6.48. The Kier molecular flexibility index (Phi) is 4.88. The molecule has 0 heterocycles. The quantitative estimate of drug-likeness (QED) is 0.848. The van der Waals surface area contributed by atoms with Gasteiger partial charge in [0, 0.05) is 10.9 Å². The van der Waals surface area contributed by atoms with Crippen LogP contribution in [0.4, 0.5) is 0 Å². The number of benzene rings is 1. The molecule has 0 aliphatic heterocycles. The first kappa shape index (κ1) is 15.8. The Morgan fingerprint density at radius 3 is 2.76 bits per heavy atom. The lowest BCUT2D eigenvalue weighted by Gasteiger charge is -2.20. The Balaban J connectivity index is 1.98. The third-order valence-electron chi connectivity index (χ3n) is 4.18. The number of hydrogen-bond donors (Lipinski definition) is 2. The highest BCUT2D eigenvalue weighted by molar-refractivity contribution is 6.30. The normalized spacial score (nSPS) is 23.2. The molecule has 4 atom stereocenters. The van der Waals surface area contributed by atoms with Crippen molar-refractivity contribution in [1.29, 1.82) is 0 Å². The molecular weight excluding hydrogens is 290 g/mol. The summed E-state index contributed by atoms with van der Waals surface area (Å²) in [6.07, 6.45) is 1.46. The van der Waals surface area contributed by atoms with E-state index in [1.165, 1.54) is 0 Å². The number of carboxylic acid groups (broad SMARTS) is 1. The molecule has 1 aliphatic rings. The highest BCUT2D eigenvalue weighted by Gasteiger charge is 2.45. The van der Waals surface area contributed by atoms with Gasteiger partial charge >= 0.3 is 5.97 Å². The maximum Gasteiger partial charge on any atom is 0.326 e. The van der Waals surface area contributed by atoms with Crippen molar-refractivity contribution in [3.05, 3.63) is 34.9 Å². The number of carbonyl (C=O) groups is 2. The van der Waals surface area contributed by atoms with Crippen LogP contribution in [0.5, 0.6) is 0 Å². The number of amides is 1. The summed E-state index contributed by atoms with van der Waals surface area (Å²) in [5.74, 6) is -1.23. The molecule has 0 bridgehead atoms. The topological polar surface area (TPSA) is 66.4 Å². The fraction of sp³-hybridized carbons (Fsp3) is 0.500. The molecule has 2 rings (SSSR count). The van der Waals surface area contributed by atoms with Crippen LogP contribution >= 0.6 is 11.6 Å². The predicted molar refractivity (Wildman–Crippen MR) is 81.3 cm³/mol. The largest absolute Gasteiger partial charge is 0.480 e. The van der Waals surface area contributed by atoms with Crippen LogP contribution in [0.25, 0.3) is 0 Å². The van der Waals surface area contributed by atoms with Gasteiger partial charge in [-0.15, -0.1) is 0 Å². The van der Waals surface area contributed by atoms with E-state index >= 15 is 0 Å². The molecule has 4 nitrogen and oxygen atoms in total. The van der Waals surface area contributed by atoms with Crippen molar-refractivity contribution in [3.8, 4) is 0 Å². The van der Waals surface area contributed by atoms with E-state index in [-0.39, 0.29) is 23.7 Å². The Morgan fingerprint density at radius 1 is 1.48 bits per heavy atom. The van der Waals surface area contributed by atoms with Crippen molar-refractivity contribution in [3.63, 3.8) is 0 Å². The van der Waals surface area contributed by atoms with E-state index in [1.807, 2.05) is 32.0 Å². The fourth-order valence-corrected chi connectivity index (χ4v) is 2.73. The third kappa shape index (κ3) is 3.76. The summed E-state index contributed by atoms with van der Waals surface area (Å²) in [6.45, 7) is 3.75. The van der Waals surface area contributed by atoms with E-state index in [2.05, 4.69) is 5.32 Å². The van der Waals surface area contributed by atoms with Crippen LogP contribution in [0.2, 0.25) is 5.02 Å². The molecule has 1 aliphatic carbocycles. The second-order valence-electron chi connectivity index (χ2n) is 5.71.